The van der Waals surface area contributed by atoms with E-state index in [1.807, 2.05) is 18.4 Å². The molecule has 0 saturated heterocycles. The number of hydrogen-bond donors (Lipinski definition) is 2. The summed E-state index contributed by atoms with van der Waals surface area (Å²) in [6.07, 6.45) is 1.67. The first kappa shape index (κ1) is 10.6. The summed E-state index contributed by atoms with van der Waals surface area (Å²) in [5, 5.41) is 10.6. The Labute approximate surface area is 82.5 Å². The van der Waals surface area contributed by atoms with Crippen molar-refractivity contribution in [2.75, 3.05) is 6.54 Å². The predicted octanol–water partition coefficient (Wildman–Crippen LogP) is -0.566. The van der Waals surface area contributed by atoms with Gasteiger partial charge in [-0.25, -0.2) is 0 Å². The minimum atomic E-state index is -0.374. The summed E-state index contributed by atoms with van der Waals surface area (Å²) in [7, 11) is 0. The molecule has 0 aliphatic rings. The molecule has 6 nitrogen and oxygen atoms in total. The van der Waals surface area contributed by atoms with Gasteiger partial charge in [-0.15, -0.1) is 10.2 Å². The third-order valence-electron chi connectivity index (χ3n) is 1.79. The summed E-state index contributed by atoms with van der Waals surface area (Å²) >= 11 is 0. The molecule has 0 aromatic carbocycles. The highest BCUT2D eigenvalue weighted by molar-refractivity contribution is 5.75. The molecule has 14 heavy (non-hydrogen) atoms. The highest BCUT2D eigenvalue weighted by atomic mass is 16.1. The second kappa shape index (κ2) is 4.71. The standard InChI is InChI=1S/C8H15N5O/c1-6(2)13-5-11-12-8(13)4-10-3-7(9)14/h5-6,10H,3-4H2,1-2H3,(H2,9,14). The maximum atomic E-state index is 10.5. The van der Waals surface area contributed by atoms with Crippen molar-refractivity contribution in [2.24, 2.45) is 5.73 Å². The van der Waals surface area contributed by atoms with E-state index in [4.69, 9.17) is 5.73 Å². The number of nitrogens with zero attached hydrogens (tertiary/aromatic N) is 3. The molecule has 0 saturated carbocycles. The molecular weight excluding hydrogens is 182 g/mol. The minimum Gasteiger partial charge on any atom is -0.369 e. The van der Waals surface area contributed by atoms with Crippen molar-refractivity contribution in [1.82, 2.24) is 20.1 Å². The van der Waals surface area contributed by atoms with E-state index >= 15 is 0 Å². The summed E-state index contributed by atoms with van der Waals surface area (Å²) in [5.41, 5.74) is 4.99. The minimum absolute atomic E-state index is 0.158. The zero-order valence-corrected chi connectivity index (χ0v) is 8.40. The first-order valence-electron chi connectivity index (χ1n) is 4.48. The fourth-order valence-electron chi connectivity index (χ4n) is 1.12. The van der Waals surface area contributed by atoms with E-state index < -0.39 is 0 Å². The Hall–Kier alpha value is -1.43. The zero-order valence-electron chi connectivity index (χ0n) is 8.40. The second-order valence-corrected chi connectivity index (χ2v) is 3.32. The first-order valence-corrected chi connectivity index (χ1v) is 4.48. The fourth-order valence-corrected chi connectivity index (χ4v) is 1.12. The number of carbonyl (C=O) groups is 1. The molecule has 0 aliphatic carbocycles. The molecule has 0 radical (unpaired) electrons. The SMILES string of the molecule is CC(C)n1cnnc1CNCC(N)=O. The second-order valence-electron chi connectivity index (χ2n) is 3.32. The van der Waals surface area contributed by atoms with Gasteiger partial charge in [0.25, 0.3) is 0 Å². The topological polar surface area (TPSA) is 85.8 Å². The van der Waals surface area contributed by atoms with Gasteiger partial charge in [0.15, 0.2) is 0 Å². The van der Waals surface area contributed by atoms with Gasteiger partial charge in [0.05, 0.1) is 13.1 Å². The monoisotopic (exact) mass is 197 g/mol. The molecule has 0 aliphatic heterocycles. The zero-order chi connectivity index (χ0) is 10.6. The van der Waals surface area contributed by atoms with Crippen LogP contribution in [0.5, 0.6) is 0 Å². The Kier molecular flexibility index (Phi) is 3.58. The summed E-state index contributed by atoms with van der Waals surface area (Å²) < 4.78 is 1.94. The smallest absolute Gasteiger partial charge is 0.231 e. The van der Waals surface area contributed by atoms with E-state index in [1.165, 1.54) is 0 Å². The molecule has 6 heteroatoms. The van der Waals surface area contributed by atoms with Crippen molar-refractivity contribution >= 4 is 5.91 Å². The molecule has 0 spiro atoms. The Morgan fingerprint density at radius 2 is 2.43 bits per heavy atom. The molecule has 0 unspecified atom stereocenters. The van der Waals surface area contributed by atoms with Crippen molar-refractivity contribution in [1.29, 1.82) is 0 Å². The van der Waals surface area contributed by atoms with Crippen molar-refractivity contribution in [3.63, 3.8) is 0 Å². The molecule has 0 fully saturated rings. The lowest BCUT2D eigenvalue weighted by molar-refractivity contribution is -0.117. The molecule has 1 aromatic rings. The number of aromatic nitrogens is 3. The van der Waals surface area contributed by atoms with Gasteiger partial charge in [-0.1, -0.05) is 0 Å². The molecule has 0 bridgehead atoms. The van der Waals surface area contributed by atoms with E-state index in [-0.39, 0.29) is 12.5 Å². The Morgan fingerprint density at radius 3 is 3.00 bits per heavy atom. The molecule has 1 amide bonds. The predicted molar refractivity (Wildman–Crippen MR) is 51.3 cm³/mol. The quantitative estimate of drug-likeness (QED) is 0.662. The van der Waals surface area contributed by atoms with Crippen LogP contribution in [0.25, 0.3) is 0 Å². The van der Waals surface area contributed by atoms with Gasteiger partial charge in [-0.05, 0) is 13.8 Å². The normalized spacial score (nSPS) is 10.8. The van der Waals surface area contributed by atoms with Crippen LogP contribution in [0.1, 0.15) is 25.7 Å². The van der Waals surface area contributed by atoms with Gasteiger partial charge in [-0.2, -0.15) is 0 Å². The van der Waals surface area contributed by atoms with E-state index in [0.29, 0.717) is 12.6 Å². The van der Waals surface area contributed by atoms with Crippen molar-refractivity contribution < 1.29 is 4.79 Å². The van der Waals surface area contributed by atoms with Crippen molar-refractivity contribution in [3.05, 3.63) is 12.2 Å². The number of nitrogens with one attached hydrogen (secondary N) is 1. The molecule has 1 heterocycles. The van der Waals surface area contributed by atoms with Crippen LogP contribution in [0.15, 0.2) is 6.33 Å². The van der Waals surface area contributed by atoms with Crippen LogP contribution in [-0.2, 0) is 11.3 Å². The van der Waals surface area contributed by atoms with Gasteiger partial charge in [0.2, 0.25) is 5.91 Å². The highest BCUT2D eigenvalue weighted by Gasteiger charge is 2.06. The van der Waals surface area contributed by atoms with Gasteiger partial charge < -0.3 is 15.6 Å². The summed E-state index contributed by atoms with van der Waals surface area (Å²) in [6, 6.07) is 0.315. The van der Waals surface area contributed by atoms with Crippen LogP contribution in [-0.4, -0.2) is 27.2 Å². The van der Waals surface area contributed by atoms with E-state index in [2.05, 4.69) is 15.5 Å². The van der Waals surface area contributed by atoms with E-state index in [0.717, 1.165) is 5.82 Å². The Morgan fingerprint density at radius 1 is 1.71 bits per heavy atom. The van der Waals surface area contributed by atoms with Gasteiger partial charge in [0, 0.05) is 6.04 Å². The van der Waals surface area contributed by atoms with Crippen LogP contribution in [0.4, 0.5) is 0 Å². The third-order valence-corrected chi connectivity index (χ3v) is 1.79. The van der Waals surface area contributed by atoms with Gasteiger partial charge in [-0.3, -0.25) is 4.79 Å². The Balaban J connectivity index is 2.50. The van der Waals surface area contributed by atoms with Crippen LogP contribution in [0.3, 0.4) is 0 Å². The van der Waals surface area contributed by atoms with Crippen molar-refractivity contribution in [2.45, 2.75) is 26.4 Å². The molecular formula is C8H15N5O. The van der Waals surface area contributed by atoms with E-state index in [1.54, 1.807) is 6.33 Å². The lowest BCUT2D eigenvalue weighted by Gasteiger charge is -2.09. The van der Waals surface area contributed by atoms with E-state index in [9.17, 15) is 4.79 Å². The number of hydrogen-bond acceptors (Lipinski definition) is 4. The molecule has 1 aromatic heterocycles. The fraction of sp³-hybridized carbons (Fsp3) is 0.625. The van der Waals surface area contributed by atoms with Gasteiger partial charge >= 0.3 is 0 Å². The number of nitrogens with two attached hydrogens (primary N) is 1. The van der Waals surface area contributed by atoms with Crippen LogP contribution in [0, 0.1) is 0 Å². The largest absolute Gasteiger partial charge is 0.369 e. The number of primary amides is 1. The third kappa shape index (κ3) is 2.81. The average molecular weight is 197 g/mol. The lowest BCUT2D eigenvalue weighted by atomic mass is 10.4. The summed E-state index contributed by atoms with van der Waals surface area (Å²) in [5.74, 6) is 0.432. The molecule has 3 N–H and O–H groups in total. The number of rotatable bonds is 5. The number of amides is 1. The highest BCUT2D eigenvalue weighted by Crippen LogP contribution is 2.05. The maximum absolute atomic E-state index is 10.5. The van der Waals surface area contributed by atoms with Crippen LogP contribution >= 0.6 is 0 Å². The van der Waals surface area contributed by atoms with Crippen molar-refractivity contribution in [3.8, 4) is 0 Å². The summed E-state index contributed by atoms with van der Waals surface area (Å²) in [4.78, 5) is 10.5. The maximum Gasteiger partial charge on any atom is 0.231 e. The van der Waals surface area contributed by atoms with Crippen LogP contribution in [0.2, 0.25) is 0 Å². The van der Waals surface area contributed by atoms with Crippen LogP contribution < -0.4 is 11.1 Å². The molecule has 1 rings (SSSR count). The lowest BCUT2D eigenvalue weighted by Crippen LogP contribution is -2.29. The molecule has 0 atom stereocenters. The van der Waals surface area contributed by atoms with Gasteiger partial charge in [0.1, 0.15) is 12.2 Å². The Bertz CT molecular complexity index is 306. The molecule has 78 valence electrons. The first-order chi connectivity index (χ1) is 6.61. The number of carbonyl (C=O) groups excluding carboxylic acids is 1. The summed E-state index contributed by atoms with van der Waals surface area (Å²) in [6.45, 7) is 4.74. The average Bonchev–Trinajstić information content (AvgIpc) is 2.51.